The number of nitrogens with zero attached hydrogens (tertiary/aromatic N) is 2. The topological polar surface area (TPSA) is 76.6 Å². The summed E-state index contributed by atoms with van der Waals surface area (Å²) in [5, 5.41) is 0.344. The van der Waals surface area contributed by atoms with Gasteiger partial charge in [0.1, 0.15) is 0 Å². The Morgan fingerprint density at radius 2 is 2.00 bits per heavy atom. The molecule has 1 aliphatic rings. The number of hydrogen-bond donors (Lipinski definition) is 0. The summed E-state index contributed by atoms with van der Waals surface area (Å²) in [4.78, 5) is 41.7. The molecular formula is C10H7FN2O4. The maximum Gasteiger partial charge on any atom is 0.385 e. The molecule has 0 radical (unpaired) electrons. The summed E-state index contributed by atoms with van der Waals surface area (Å²) in [5.74, 6) is -3.30. The number of aromatic nitrogens is 1. The van der Waals surface area contributed by atoms with Crippen molar-refractivity contribution < 1.29 is 23.6 Å². The van der Waals surface area contributed by atoms with Gasteiger partial charge >= 0.3 is 5.97 Å². The average Bonchev–Trinajstić information content (AvgIpc) is 2.61. The van der Waals surface area contributed by atoms with Crippen LogP contribution in [0.5, 0.6) is 0 Å². The van der Waals surface area contributed by atoms with Crippen LogP contribution in [0.15, 0.2) is 18.3 Å². The summed E-state index contributed by atoms with van der Waals surface area (Å²) >= 11 is 0. The van der Waals surface area contributed by atoms with E-state index in [2.05, 4.69) is 9.82 Å². The van der Waals surface area contributed by atoms with Gasteiger partial charge in [-0.2, -0.15) is 0 Å². The van der Waals surface area contributed by atoms with Crippen LogP contribution in [0, 0.1) is 5.82 Å². The summed E-state index contributed by atoms with van der Waals surface area (Å²) in [5.41, 5.74) is -0.569. The predicted octanol–water partition coefficient (Wildman–Crippen LogP) is 0.441. The predicted molar refractivity (Wildman–Crippen MR) is 50.7 cm³/mol. The molecule has 0 bridgehead atoms. The van der Waals surface area contributed by atoms with E-state index in [4.69, 9.17) is 0 Å². The van der Waals surface area contributed by atoms with Crippen LogP contribution in [-0.2, 0) is 14.4 Å². The van der Waals surface area contributed by atoms with Gasteiger partial charge in [-0.3, -0.25) is 9.59 Å². The monoisotopic (exact) mass is 238 g/mol. The number of carbonyl (C=O) groups is 3. The fraction of sp³-hybridized carbons (Fsp3) is 0.200. The van der Waals surface area contributed by atoms with E-state index in [0.29, 0.717) is 5.06 Å². The molecule has 6 nitrogen and oxygen atoms in total. The number of pyridine rings is 1. The van der Waals surface area contributed by atoms with Crippen molar-refractivity contribution in [3.63, 3.8) is 0 Å². The molecule has 88 valence electrons. The molecule has 0 atom stereocenters. The summed E-state index contributed by atoms with van der Waals surface area (Å²) in [6.07, 6.45) is 1.17. The SMILES string of the molecule is O=C(ON1C(=O)CCC1=O)c1ncccc1F. The molecule has 1 aromatic rings. The lowest BCUT2D eigenvalue weighted by Gasteiger charge is -2.11. The highest BCUT2D eigenvalue weighted by Crippen LogP contribution is 2.14. The van der Waals surface area contributed by atoms with E-state index in [-0.39, 0.29) is 12.8 Å². The van der Waals surface area contributed by atoms with Crippen LogP contribution >= 0.6 is 0 Å². The Kier molecular flexibility index (Phi) is 2.82. The molecule has 7 heteroatoms. The van der Waals surface area contributed by atoms with E-state index >= 15 is 0 Å². The van der Waals surface area contributed by atoms with Crippen molar-refractivity contribution in [3.05, 3.63) is 29.8 Å². The Morgan fingerprint density at radius 3 is 2.59 bits per heavy atom. The summed E-state index contributed by atoms with van der Waals surface area (Å²) in [7, 11) is 0. The Morgan fingerprint density at radius 1 is 1.35 bits per heavy atom. The Bertz CT molecular complexity index is 487. The molecule has 2 amide bonds. The molecule has 0 N–H and O–H groups in total. The fourth-order valence-corrected chi connectivity index (χ4v) is 1.32. The number of halogens is 1. The molecule has 0 unspecified atom stereocenters. The molecule has 1 aromatic heterocycles. The number of hydrogen-bond acceptors (Lipinski definition) is 5. The van der Waals surface area contributed by atoms with E-state index in [1.807, 2.05) is 0 Å². The number of imide groups is 1. The van der Waals surface area contributed by atoms with E-state index in [1.165, 1.54) is 12.3 Å². The van der Waals surface area contributed by atoms with Crippen molar-refractivity contribution in [2.75, 3.05) is 0 Å². The Balaban J connectivity index is 2.15. The largest absolute Gasteiger partial charge is 0.385 e. The van der Waals surface area contributed by atoms with Gasteiger partial charge in [-0.25, -0.2) is 14.2 Å². The lowest BCUT2D eigenvalue weighted by molar-refractivity contribution is -0.172. The summed E-state index contributed by atoms with van der Waals surface area (Å²) < 4.78 is 13.2. The van der Waals surface area contributed by atoms with Crippen molar-refractivity contribution in [2.45, 2.75) is 12.8 Å². The van der Waals surface area contributed by atoms with Crippen LogP contribution in [0.3, 0.4) is 0 Å². The van der Waals surface area contributed by atoms with Crippen LogP contribution in [0.1, 0.15) is 23.3 Å². The van der Waals surface area contributed by atoms with Crippen LogP contribution in [-0.4, -0.2) is 27.8 Å². The third-order valence-electron chi connectivity index (χ3n) is 2.13. The van der Waals surface area contributed by atoms with Crippen molar-refractivity contribution in [2.24, 2.45) is 0 Å². The molecule has 2 heterocycles. The summed E-state index contributed by atoms with van der Waals surface area (Å²) in [6.45, 7) is 0. The fourth-order valence-electron chi connectivity index (χ4n) is 1.32. The van der Waals surface area contributed by atoms with E-state index in [9.17, 15) is 18.8 Å². The normalized spacial score (nSPS) is 15.2. The average molecular weight is 238 g/mol. The zero-order valence-corrected chi connectivity index (χ0v) is 8.55. The highest BCUT2D eigenvalue weighted by molar-refractivity contribution is 6.02. The highest BCUT2D eigenvalue weighted by atomic mass is 19.1. The first-order valence-electron chi connectivity index (χ1n) is 4.78. The molecule has 1 aliphatic heterocycles. The lowest BCUT2D eigenvalue weighted by atomic mass is 10.3. The smallest absolute Gasteiger partial charge is 0.323 e. The molecule has 1 fully saturated rings. The van der Waals surface area contributed by atoms with Gasteiger partial charge in [0.2, 0.25) is 0 Å². The van der Waals surface area contributed by atoms with Gasteiger partial charge in [-0.1, -0.05) is 0 Å². The quantitative estimate of drug-likeness (QED) is 0.699. The number of amides is 2. The summed E-state index contributed by atoms with van der Waals surface area (Å²) in [6, 6.07) is 2.33. The van der Waals surface area contributed by atoms with Gasteiger partial charge in [-0.05, 0) is 12.1 Å². The molecule has 2 rings (SSSR count). The molecule has 17 heavy (non-hydrogen) atoms. The first kappa shape index (κ1) is 11.2. The minimum Gasteiger partial charge on any atom is -0.323 e. The van der Waals surface area contributed by atoms with E-state index in [1.54, 1.807) is 0 Å². The minimum absolute atomic E-state index is 0.0170. The first-order valence-corrected chi connectivity index (χ1v) is 4.78. The van der Waals surface area contributed by atoms with Gasteiger partial charge in [-0.15, -0.1) is 5.06 Å². The van der Waals surface area contributed by atoms with Crippen molar-refractivity contribution >= 4 is 17.8 Å². The van der Waals surface area contributed by atoms with Crippen LogP contribution in [0.25, 0.3) is 0 Å². The molecule has 0 aliphatic carbocycles. The van der Waals surface area contributed by atoms with Gasteiger partial charge in [0.25, 0.3) is 11.8 Å². The third kappa shape index (κ3) is 2.12. The molecule has 0 aromatic carbocycles. The Hall–Kier alpha value is -2.31. The second kappa shape index (κ2) is 4.28. The van der Waals surface area contributed by atoms with Gasteiger partial charge in [0.15, 0.2) is 11.5 Å². The van der Waals surface area contributed by atoms with E-state index < -0.39 is 29.3 Å². The van der Waals surface area contributed by atoms with Crippen molar-refractivity contribution in [1.82, 2.24) is 10.0 Å². The maximum atomic E-state index is 13.2. The van der Waals surface area contributed by atoms with Crippen molar-refractivity contribution in [3.8, 4) is 0 Å². The number of rotatable bonds is 2. The second-order valence-electron chi connectivity index (χ2n) is 3.29. The zero-order valence-electron chi connectivity index (χ0n) is 8.55. The van der Waals surface area contributed by atoms with Crippen molar-refractivity contribution in [1.29, 1.82) is 0 Å². The van der Waals surface area contributed by atoms with Crippen LogP contribution in [0.2, 0.25) is 0 Å². The standard InChI is InChI=1S/C10H7FN2O4/c11-6-2-1-5-12-9(6)10(16)17-13-7(14)3-4-8(13)15/h1-2,5H,3-4H2. The second-order valence-corrected chi connectivity index (χ2v) is 3.29. The molecule has 0 saturated carbocycles. The highest BCUT2D eigenvalue weighted by Gasteiger charge is 2.33. The molecular weight excluding hydrogens is 231 g/mol. The molecule has 0 spiro atoms. The van der Waals surface area contributed by atoms with E-state index in [0.717, 1.165) is 6.07 Å². The zero-order chi connectivity index (χ0) is 12.4. The van der Waals surface area contributed by atoms with Crippen LogP contribution in [0.4, 0.5) is 4.39 Å². The van der Waals surface area contributed by atoms with Gasteiger partial charge < -0.3 is 4.84 Å². The first-order chi connectivity index (χ1) is 8.09. The third-order valence-corrected chi connectivity index (χ3v) is 2.13. The van der Waals surface area contributed by atoms with Gasteiger partial charge in [0, 0.05) is 19.0 Å². The maximum absolute atomic E-state index is 13.2. The van der Waals surface area contributed by atoms with Gasteiger partial charge in [0.05, 0.1) is 0 Å². The lowest BCUT2D eigenvalue weighted by Crippen LogP contribution is -2.32. The van der Waals surface area contributed by atoms with Crippen LogP contribution < -0.4 is 0 Å². The number of hydroxylamine groups is 2. The minimum atomic E-state index is -1.17. The number of carbonyl (C=O) groups excluding carboxylic acids is 3. The Labute approximate surface area is 94.9 Å². The molecule has 1 saturated heterocycles.